The highest BCUT2D eigenvalue weighted by Gasteiger charge is 2.25. The van der Waals surface area contributed by atoms with Gasteiger partial charge in [0.25, 0.3) is 0 Å². The number of rotatable bonds is 0. The SMILES string of the molecule is C[C@@H]1CC(=O)[C@@H](C)O1. The summed E-state index contributed by atoms with van der Waals surface area (Å²) in [7, 11) is 0. The molecule has 46 valence electrons. The summed E-state index contributed by atoms with van der Waals surface area (Å²) < 4.78 is 5.12. The van der Waals surface area contributed by atoms with Crippen LogP contribution in [0.25, 0.3) is 0 Å². The van der Waals surface area contributed by atoms with Gasteiger partial charge in [0, 0.05) is 6.42 Å². The second-order valence-electron chi connectivity index (χ2n) is 2.26. The predicted molar refractivity (Wildman–Crippen MR) is 29.6 cm³/mol. The van der Waals surface area contributed by atoms with Crippen LogP contribution in [0.2, 0.25) is 0 Å². The zero-order chi connectivity index (χ0) is 6.15. The predicted octanol–water partition coefficient (Wildman–Crippen LogP) is 0.753. The van der Waals surface area contributed by atoms with Crippen LogP contribution in [-0.2, 0) is 9.53 Å². The van der Waals surface area contributed by atoms with Crippen molar-refractivity contribution in [3.8, 4) is 0 Å². The van der Waals surface area contributed by atoms with E-state index in [4.69, 9.17) is 4.74 Å². The molecule has 0 saturated carbocycles. The van der Waals surface area contributed by atoms with E-state index in [1.807, 2.05) is 6.92 Å². The standard InChI is InChI=1S/C6H10O2/c1-4-3-6(7)5(2)8-4/h4-5H,3H2,1-2H3/t4-,5-/m1/s1. The Balaban J connectivity index is 2.51. The lowest BCUT2D eigenvalue weighted by Crippen LogP contribution is -2.08. The molecule has 0 N–H and O–H groups in total. The van der Waals surface area contributed by atoms with Crippen molar-refractivity contribution in [3.05, 3.63) is 0 Å². The lowest BCUT2D eigenvalue weighted by Gasteiger charge is -1.99. The van der Waals surface area contributed by atoms with E-state index in [0.29, 0.717) is 6.42 Å². The van der Waals surface area contributed by atoms with Crippen LogP contribution in [0, 0.1) is 0 Å². The Hall–Kier alpha value is -0.370. The van der Waals surface area contributed by atoms with Gasteiger partial charge in [-0.1, -0.05) is 0 Å². The molecule has 1 saturated heterocycles. The molecule has 1 rings (SSSR count). The smallest absolute Gasteiger partial charge is 0.163 e. The van der Waals surface area contributed by atoms with E-state index in [-0.39, 0.29) is 18.0 Å². The molecule has 0 aliphatic carbocycles. The van der Waals surface area contributed by atoms with Crippen LogP contribution in [0.3, 0.4) is 0 Å². The van der Waals surface area contributed by atoms with Gasteiger partial charge in [-0.25, -0.2) is 0 Å². The normalized spacial score (nSPS) is 38.5. The molecule has 1 fully saturated rings. The summed E-state index contributed by atoms with van der Waals surface area (Å²) in [4.78, 5) is 10.7. The summed E-state index contributed by atoms with van der Waals surface area (Å²) in [5.74, 6) is 0.234. The molecule has 1 aliphatic heterocycles. The molecule has 0 aromatic carbocycles. The van der Waals surface area contributed by atoms with Crippen LogP contribution in [0.5, 0.6) is 0 Å². The Labute approximate surface area is 48.8 Å². The molecule has 0 amide bonds. The van der Waals surface area contributed by atoms with Crippen molar-refractivity contribution in [3.63, 3.8) is 0 Å². The van der Waals surface area contributed by atoms with Crippen molar-refractivity contribution in [2.45, 2.75) is 32.5 Å². The Morgan fingerprint density at radius 2 is 2.25 bits per heavy atom. The van der Waals surface area contributed by atoms with Crippen molar-refractivity contribution in [1.29, 1.82) is 0 Å². The molecule has 8 heavy (non-hydrogen) atoms. The summed E-state index contributed by atoms with van der Waals surface area (Å²) in [5, 5.41) is 0. The maximum Gasteiger partial charge on any atom is 0.163 e. The van der Waals surface area contributed by atoms with Crippen LogP contribution in [0.4, 0.5) is 0 Å². The topological polar surface area (TPSA) is 26.3 Å². The minimum Gasteiger partial charge on any atom is -0.367 e. The van der Waals surface area contributed by atoms with Crippen molar-refractivity contribution < 1.29 is 9.53 Å². The van der Waals surface area contributed by atoms with Gasteiger partial charge in [0.15, 0.2) is 5.78 Å². The Morgan fingerprint density at radius 1 is 1.62 bits per heavy atom. The monoisotopic (exact) mass is 114 g/mol. The summed E-state index contributed by atoms with van der Waals surface area (Å²) in [6.45, 7) is 3.72. The van der Waals surface area contributed by atoms with Crippen LogP contribution >= 0.6 is 0 Å². The maximum atomic E-state index is 10.7. The lowest BCUT2D eigenvalue weighted by molar-refractivity contribution is -0.121. The van der Waals surface area contributed by atoms with Gasteiger partial charge in [0.2, 0.25) is 0 Å². The fourth-order valence-electron chi connectivity index (χ4n) is 0.922. The summed E-state index contributed by atoms with van der Waals surface area (Å²) in [6, 6.07) is 0. The molecule has 2 atom stereocenters. The summed E-state index contributed by atoms with van der Waals surface area (Å²) >= 11 is 0. The number of Topliss-reactive ketones (excluding diaryl/α,β-unsaturated/α-hetero) is 1. The van der Waals surface area contributed by atoms with Gasteiger partial charge in [0.1, 0.15) is 6.10 Å². The van der Waals surface area contributed by atoms with Gasteiger partial charge in [-0.15, -0.1) is 0 Å². The second kappa shape index (κ2) is 1.86. The number of carbonyl (C=O) groups is 1. The Bertz CT molecular complexity index is 109. The highest BCUT2D eigenvalue weighted by Crippen LogP contribution is 2.13. The fraction of sp³-hybridized carbons (Fsp3) is 0.833. The van der Waals surface area contributed by atoms with Gasteiger partial charge in [0.05, 0.1) is 6.10 Å². The molecule has 0 aromatic heterocycles. The van der Waals surface area contributed by atoms with E-state index in [0.717, 1.165) is 0 Å². The van der Waals surface area contributed by atoms with E-state index in [1.165, 1.54) is 0 Å². The van der Waals surface area contributed by atoms with Gasteiger partial charge in [-0.05, 0) is 13.8 Å². The van der Waals surface area contributed by atoms with Gasteiger partial charge in [-0.2, -0.15) is 0 Å². The first-order valence-corrected chi connectivity index (χ1v) is 2.88. The van der Waals surface area contributed by atoms with Gasteiger partial charge >= 0.3 is 0 Å². The number of hydrogen-bond acceptors (Lipinski definition) is 2. The molecule has 0 radical (unpaired) electrons. The Kier molecular flexibility index (Phi) is 1.34. The van der Waals surface area contributed by atoms with Crippen LogP contribution in [0.1, 0.15) is 20.3 Å². The molecular weight excluding hydrogens is 104 g/mol. The number of ether oxygens (including phenoxy) is 1. The first kappa shape index (κ1) is 5.76. The second-order valence-corrected chi connectivity index (χ2v) is 2.26. The quantitative estimate of drug-likeness (QED) is 0.464. The summed E-state index contributed by atoms with van der Waals surface area (Å²) in [5.41, 5.74) is 0. The third kappa shape index (κ3) is 0.892. The fourth-order valence-corrected chi connectivity index (χ4v) is 0.922. The highest BCUT2D eigenvalue weighted by molar-refractivity contribution is 5.84. The van der Waals surface area contributed by atoms with Crippen LogP contribution in [-0.4, -0.2) is 18.0 Å². The zero-order valence-electron chi connectivity index (χ0n) is 5.18. The van der Waals surface area contributed by atoms with Crippen molar-refractivity contribution >= 4 is 5.78 Å². The third-order valence-corrected chi connectivity index (χ3v) is 1.38. The van der Waals surface area contributed by atoms with E-state index in [9.17, 15) is 4.79 Å². The highest BCUT2D eigenvalue weighted by atomic mass is 16.5. The average Bonchev–Trinajstić information content (AvgIpc) is 1.85. The van der Waals surface area contributed by atoms with Crippen molar-refractivity contribution in [2.24, 2.45) is 0 Å². The van der Waals surface area contributed by atoms with E-state index < -0.39 is 0 Å². The number of hydrogen-bond donors (Lipinski definition) is 0. The molecule has 1 heterocycles. The zero-order valence-corrected chi connectivity index (χ0v) is 5.18. The first-order valence-electron chi connectivity index (χ1n) is 2.88. The van der Waals surface area contributed by atoms with Crippen molar-refractivity contribution in [1.82, 2.24) is 0 Å². The van der Waals surface area contributed by atoms with Gasteiger partial charge < -0.3 is 4.74 Å². The minimum atomic E-state index is -0.148. The maximum absolute atomic E-state index is 10.7. The van der Waals surface area contributed by atoms with E-state index >= 15 is 0 Å². The number of carbonyl (C=O) groups excluding carboxylic acids is 1. The third-order valence-electron chi connectivity index (χ3n) is 1.38. The van der Waals surface area contributed by atoms with E-state index in [1.54, 1.807) is 6.92 Å². The molecule has 0 unspecified atom stereocenters. The van der Waals surface area contributed by atoms with E-state index in [2.05, 4.69) is 0 Å². The lowest BCUT2D eigenvalue weighted by atomic mass is 10.2. The largest absolute Gasteiger partial charge is 0.367 e. The Morgan fingerprint density at radius 3 is 2.38 bits per heavy atom. The average molecular weight is 114 g/mol. The number of ketones is 1. The molecule has 2 nitrogen and oxygen atoms in total. The molecule has 1 aliphatic rings. The van der Waals surface area contributed by atoms with Crippen LogP contribution < -0.4 is 0 Å². The first-order chi connectivity index (χ1) is 3.70. The molecule has 0 spiro atoms. The molecular formula is C6H10O2. The molecule has 0 bridgehead atoms. The summed E-state index contributed by atoms with van der Waals surface area (Å²) in [6.07, 6.45) is 0.601. The minimum absolute atomic E-state index is 0.148. The van der Waals surface area contributed by atoms with Crippen molar-refractivity contribution in [2.75, 3.05) is 0 Å². The van der Waals surface area contributed by atoms with Crippen LogP contribution in [0.15, 0.2) is 0 Å². The molecule has 2 heteroatoms. The van der Waals surface area contributed by atoms with Gasteiger partial charge in [-0.3, -0.25) is 4.79 Å². The molecule has 0 aromatic rings.